The number of hydrogen-bond donors (Lipinski definition) is 0. The predicted octanol–water partition coefficient (Wildman–Crippen LogP) is 3.53. The molecule has 0 spiro atoms. The molecule has 1 aromatic carbocycles. The summed E-state index contributed by atoms with van der Waals surface area (Å²) in [6, 6.07) is 8.50. The number of halogens is 1. The fraction of sp³-hybridized carbons (Fsp3) is 0.333. The van der Waals surface area contributed by atoms with Crippen molar-refractivity contribution in [3.05, 3.63) is 44.3 Å². The third kappa shape index (κ3) is 5.09. The number of carbonyl (C=O) groups excluding carboxylic acids is 1. The third-order valence-electron chi connectivity index (χ3n) is 3.92. The fourth-order valence-corrected chi connectivity index (χ4v) is 5.54. The molecule has 0 aliphatic carbocycles. The molecule has 3 aromatic rings. The van der Waals surface area contributed by atoms with E-state index >= 15 is 0 Å². The molecule has 0 saturated heterocycles. The average Bonchev–Trinajstić information content (AvgIpc) is 3.17. The van der Waals surface area contributed by atoms with Crippen LogP contribution in [0.3, 0.4) is 0 Å². The number of amides is 1. The van der Waals surface area contributed by atoms with E-state index in [1.807, 2.05) is 17.6 Å². The number of nitrogens with zero attached hydrogens (tertiary/aromatic N) is 2. The summed E-state index contributed by atoms with van der Waals surface area (Å²) < 4.78 is 32.4. The van der Waals surface area contributed by atoms with E-state index in [0.29, 0.717) is 28.9 Å². The number of fused-ring (bicyclic) bond motifs is 1. The second kappa shape index (κ2) is 8.87. The van der Waals surface area contributed by atoms with Crippen molar-refractivity contribution >= 4 is 60.2 Å². The highest BCUT2D eigenvalue weighted by Gasteiger charge is 2.13. The van der Waals surface area contributed by atoms with Crippen LogP contribution < -0.4 is 4.80 Å². The topological polar surface area (TPSA) is 77.7 Å². The minimum atomic E-state index is -3.32. The fourth-order valence-electron chi connectivity index (χ4n) is 2.63. The standard InChI is InChI=1S/C18H19ClN2O4S3/c1-3-25-9-8-21-14-6-5-13(28(2,23)24)11-15(14)27-18(21)20-17(22)10-12-4-7-16(19)26-12/h4-7,11H,3,8-10H2,1-2H3. The van der Waals surface area contributed by atoms with E-state index in [1.165, 1.54) is 28.9 Å². The number of hydrogen-bond acceptors (Lipinski definition) is 6. The van der Waals surface area contributed by atoms with Gasteiger partial charge in [0.2, 0.25) is 0 Å². The van der Waals surface area contributed by atoms with E-state index in [1.54, 1.807) is 24.3 Å². The molecular weight excluding hydrogens is 440 g/mol. The highest BCUT2D eigenvalue weighted by atomic mass is 35.5. The van der Waals surface area contributed by atoms with Gasteiger partial charge in [-0.15, -0.1) is 11.3 Å². The molecule has 0 radical (unpaired) electrons. The van der Waals surface area contributed by atoms with E-state index in [9.17, 15) is 13.2 Å². The monoisotopic (exact) mass is 458 g/mol. The van der Waals surface area contributed by atoms with Crippen molar-refractivity contribution in [2.75, 3.05) is 19.5 Å². The van der Waals surface area contributed by atoms with Crippen LogP contribution >= 0.6 is 34.3 Å². The number of rotatable bonds is 7. The lowest BCUT2D eigenvalue weighted by molar-refractivity contribution is -0.117. The molecule has 0 aliphatic rings. The van der Waals surface area contributed by atoms with Crippen molar-refractivity contribution in [2.45, 2.75) is 24.8 Å². The van der Waals surface area contributed by atoms with Crippen LogP contribution in [0.25, 0.3) is 10.2 Å². The maximum absolute atomic E-state index is 12.4. The van der Waals surface area contributed by atoms with Gasteiger partial charge in [-0.2, -0.15) is 4.99 Å². The molecular formula is C18H19ClN2O4S3. The first-order valence-corrected chi connectivity index (χ1v) is 12.4. The Hall–Kier alpha value is -1.52. The van der Waals surface area contributed by atoms with Gasteiger partial charge in [0.25, 0.3) is 5.91 Å². The summed E-state index contributed by atoms with van der Waals surface area (Å²) in [5, 5.41) is 0. The summed E-state index contributed by atoms with van der Waals surface area (Å²) >= 11 is 8.56. The summed E-state index contributed by atoms with van der Waals surface area (Å²) in [5.74, 6) is -0.279. The average molecular weight is 459 g/mol. The number of sulfone groups is 1. The quantitative estimate of drug-likeness (QED) is 0.507. The summed E-state index contributed by atoms with van der Waals surface area (Å²) in [5.41, 5.74) is 0.822. The number of thiazole rings is 1. The van der Waals surface area contributed by atoms with Gasteiger partial charge in [0.15, 0.2) is 14.6 Å². The number of benzene rings is 1. The van der Waals surface area contributed by atoms with Gasteiger partial charge in [-0.05, 0) is 37.3 Å². The van der Waals surface area contributed by atoms with Gasteiger partial charge in [-0.1, -0.05) is 22.9 Å². The number of ether oxygens (including phenoxy) is 1. The van der Waals surface area contributed by atoms with Gasteiger partial charge in [-0.3, -0.25) is 4.79 Å². The highest BCUT2D eigenvalue weighted by Crippen LogP contribution is 2.23. The first kappa shape index (κ1) is 21.2. The Labute approximate surface area is 176 Å². The molecule has 0 bridgehead atoms. The SMILES string of the molecule is CCOCCn1c(=NC(=O)Cc2ccc(Cl)s2)sc2cc(S(C)(=O)=O)ccc21. The minimum absolute atomic E-state index is 0.172. The molecule has 150 valence electrons. The van der Waals surface area contributed by atoms with E-state index < -0.39 is 9.84 Å². The van der Waals surface area contributed by atoms with Crippen molar-refractivity contribution in [3.8, 4) is 0 Å². The first-order chi connectivity index (χ1) is 13.3. The predicted molar refractivity (Wildman–Crippen MR) is 113 cm³/mol. The molecule has 0 atom stereocenters. The number of aromatic nitrogens is 1. The van der Waals surface area contributed by atoms with E-state index in [2.05, 4.69) is 4.99 Å². The molecule has 0 aliphatic heterocycles. The molecule has 3 rings (SSSR count). The highest BCUT2D eigenvalue weighted by molar-refractivity contribution is 7.90. The smallest absolute Gasteiger partial charge is 0.253 e. The minimum Gasteiger partial charge on any atom is -0.380 e. The van der Waals surface area contributed by atoms with Gasteiger partial charge >= 0.3 is 0 Å². The summed E-state index contributed by atoms with van der Waals surface area (Å²) in [7, 11) is -3.32. The first-order valence-electron chi connectivity index (χ1n) is 8.51. The van der Waals surface area contributed by atoms with Crippen LogP contribution in [0.2, 0.25) is 4.34 Å². The van der Waals surface area contributed by atoms with Crippen LogP contribution in [0.15, 0.2) is 40.2 Å². The van der Waals surface area contributed by atoms with E-state index in [0.717, 1.165) is 15.1 Å². The molecule has 0 unspecified atom stereocenters. The molecule has 0 N–H and O–H groups in total. The third-order valence-corrected chi connectivity index (χ3v) is 7.30. The molecule has 10 heteroatoms. The van der Waals surface area contributed by atoms with Gasteiger partial charge < -0.3 is 9.30 Å². The second-order valence-electron chi connectivity index (χ2n) is 6.02. The molecule has 28 heavy (non-hydrogen) atoms. The Bertz CT molecular complexity index is 1180. The van der Waals surface area contributed by atoms with E-state index in [4.69, 9.17) is 16.3 Å². The van der Waals surface area contributed by atoms with Gasteiger partial charge in [-0.25, -0.2) is 8.42 Å². The molecule has 2 aromatic heterocycles. The van der Waals surface area contributed by atoms with Crippen LogP contribution in [0, 0.1) is 0 Å². The zero-order chi connectivity index (χ0) is 20.3. The summed E-state index contributed by atoms with van der Waals surface area (Å²) in [6.07, 6.45) is 1.34. The number of carbonyl (C=O) groups is 1. The molecule has 6 nitrogen and oxygen atoms in total. The van der Waals surface area contributed by atoms with Crippen molar-refractivity contribution < 1.29 is 17.9 Å². The Morgan fingerprint density at radius 3 is 2.68 bits per heavy atom. The number of thiophene rings is 1. The van der Waals surface area contributed by atoms with Crippen molar-refractivity contribution in [3.63, 3.8) is 0 Å². The molecule has 2 heterocycles. The van der Waals surface area contributed by atoms with Crippen LogP contribution in [0.1, 0.15) is 11.8 Å². The molecule has 0 fully saturated rings. The Morgan fingerprint density at radius 1 is 1.25 bits per heavy atom. The van der Waals surface area contributed by atoms with Crippen molar-refractivity contribution in [2.24, 2.45) is 4.99 Å². The normalized spacial score (nSPS) is 12.8. The van der Waals surface area contributed by atoms with Crippen LogP contribution in [0.5, 0.6) is 0 Å². The zero-order valence-corrected chi connectivity index (χ0v) is 18.6. The maximum atomic E-state index is 12.4. The summed E-state index contributed by atoms with van der Waals surface area (Å²) in [4.78, 5) is 18.3. The van der Waals surface area contributed by atoms with Crippen molar-refractivity contribution in [1.29, 1.82) is 0 Å². The Balaban J connectivity index is 2.02. The molecule has 1 amide bonds. The zero-order valence-electron chi connectivity index (χ0n) is 15.3. The van der Waals surface area contributed by atoms with Gasteiger partial charge in [0, 0.05) is 24.3 Å². The lowest BCUT2D eigenvalue weighted by Gasteiger charge is -2.06. The Kier molecular flexibility index (Phi) is 6.72. The maximum Gasteiger partial charge on any atom is 0.253 e. The van der Waals surface area contributed by atoms with Crippen LogP contribution in [-0.2, 0) is 32.3 Å². The van der Waals surface area contributed by atoms with Crippen LogP contribution in [-0.4, -0.2) is 38.4 Å². The van der Waals surface area contributed by atoms with Gasteiger partial charge in [0.1, 0.15) is 0 Å². The van der Waals surface area contributed by atoms with Crippen molar-refractivity contribution in [1.82, 2.24) is 4.57 Å². The Morgan fingerprint density at radius 2 is 2.04 bits per heavy atom. The lowest BCUT2D eigenvalue weighted by Crippen LogP contribution is -2.20. The lowest BCUT2D eigenvalue weighted by atomic mass is 10.3. The second-order valence-corrected chi connectivity index (χ2v) is 10.8. The summed E-state index contributed by atoms with van der Waals surface area (Å²) in [6.45, 7) is 3.49. The van der Waals surface area contributed by atoms with Crippen LogP contribution in [0.4, 0.5) is 0 Å². The largest absolute Gasteiger partial charge is 0.380 e. The molecule has 0 saturated carbocycles. The van der Waals surface area contributed by atoms with E-state index in [-0.39, 0.29) is 17.2 Å². The van der Waals surface area contributed by atoms with Gasteiger partial charge in [0.05, 0.1) is 32.5 Å².